The number of pyridine rings is 3. The van der Waals surface area contributed by atoms with Crippen molar-refractivity contribution in [3.8, 4) is 28.7 Å². The zero-order chi connectivity index (χ0) is 97.1. The fourth-order valence-electron chi connectivity index (χ4n) is 12.8. The first-order valence-electron chi connectivity index (χ1n) is 44.0. The van der Waals surface area contributed by atoms with Crippen LogP contribution in [0.2, 0.25) is 0 Å². The Morgan fingerprint density at radius 2 is 0.799 bits per heavy atom. The van der Waals surface area contributed by atoms with Gasteiger partial charge in [0.05, 0.1) is 176 Å². The van der Waals surface area contributed by atoms with Gasteiger partial charge < -0.3 is 114 Å². The molecule has 0 unspecified atom stereocenters. The smallest absolute Gasteiger partial charge is 0.255 e. The van der Waals surface area contributed by atoms with Gasteiger partial charge in [0.25, 0.3) is 17.7 Å². The van der Waals surface area contributed by atoms with E-state index in [0.29, 0.717) is 203 Å². The third-order valence-corrected chi connectivity index (χ3v) is 21.3. The second kappa shape index (κ2) is 51.2. The lowest BCUT2D eigenvalue weighted by Crippen LogP contribution is -2.36. The maximum Gasteiger partial charge on any atom is 0.255 e. The normalized spacial score (nSPS) is 12.1. The monoisotopic (exact) mass is 1870 g/mol. The molecule has 0 spiro atoms. The Morgan fingerprint density at radius 3 is 1.22 bits per heavy atom. The number of carbonyl (C=O) groups excluding carboxylic acids is 8. The van der Waals surface area contributed by atoms with Crippen molar-refractivity contribution in [2.75, 3.05) is 175 Å². The molecule has 134 heavy (non-hydrogen) atoms. The number of nitrogens with zero attached hydrogens (tertiary/aromatic N) is 4. The Kier molecular flexibility index (Phi) is 40.2. The highest BCUT2D eigenvalue weighted by Gasteiger charge is 2.31. The van der Waals surface area contributed by atoms with Crippen molar-refractivity contribution >= 4 is 114 Å². The number of aromatic amines is 3. The molecule has 8 heterocycles. The van der Waals surface area contributed by atoms with Gasteiger partial charge in [0.1, 0.15) is 42.5 Å². The molecule has 35 heteroatoms. The molecule has 0 saturated heterocycles. The average Bonchev–Trinajstić information content (AvgIpc) is 1.67. The number of rotatable bonds is 44. The highest BCUT2D eigenvalue weighted by atomic mass is 32.1. The summed E-state index contributed by atoms with van der Waals surface area (Å²) in [6.45, 7) is 31.6. The van der Waals surface area contributed by atoms with Crippen LogP contribution in [0.5, 0.6) is 28.7 Å². The zero-order valence-corrected chi connectivity index (χ0v) is 79.4. The molecule has 0 bridgehead atoms. The van der Waals surface area contributed by atoms with Crippen molar-refractivity contribution in [1.82, 2.24) is 34.8 Å². The van der Waals surface area contributed by atoms with Gasteiger partial charge in [-0.15, -0.1) is 11.3 Å². The molecule has 1 aliphatic heterocycles. The number of nitrogens with one attached hydrogen (secondary N) is 6. The number of ether oxygens (including phenoxy) is 12. The van der Waals surface area contributed by atoms with Gasteiger partial charge in [-0.2, -0.15) is 0 Å². The summed E-state index contributed by atoms with van der Waals surface area (Å²) in [7, 11) is 3.24. The molecule has 720 valence electrons. The van der Waals surface area contributed by atoms with Crippen LogP contribution in [0, 0.1) is 21.7 Å². The molecule has 4 amide bonds. The number of hydrogen-bond acceptors (Lipinski definition) is 28. The average molecular weight is 1870 g/mol. The first kappa shape index (κ1) is 105. The maximum atomic E-state index is 12.8. The molecule has 12 rings (SSSR count). The number of aliphatic hydroxyl groups is 1. The van der Waals surface area contributed by atoms with E-state index in [1.54, 1.807) is 98.5 Å². The van der Waals surface area contributed by atoms with E-state index >= 15 is 0 Å². The number of phenols is 2. The Hall–Kier alpha value is -12.4. The number of thiophene rings is 1. The number of nitrogen functional groups attached to an aromatic ring is 1. The first-order chi connectivity index (χ1) is 63.9. The van der Waals surface area contributed by atoms with E-state index in [4.69, 9.17) is 67.7 Å². The van der Waals surface area contributed by atoms with Gasteiger partial charge in [-0.25, -0.2) is 15.0 Å². The summed E-state index contributed by atoms with van der Waals surface area (Å²) in [5.41, 5.74) is 12.2. The molecular weight excluding hydrogens is 1740 g/mol. The van der Waals surface area contributed by atoms with Gasteiger partial charge in [-0.3, -0.25) is 38.4 Å². The van der Waals surface area contributed by atoms with Gasteiger partial charge in [-0.1, -0.05) is 95.2 Å². The standard InChI is InChI=1S/2C28H37N3O8.C23H27N3O5.C20H24N2O2S/c1-28(2,3)25(33)22-16-20-15-21(18-29-26(20)31-22)30-27(34)19-5-6-24(23(32)17-19)39-14-13-38-12-11-37-10-9-36-8-7-35-4;1-28(2,3)25(33)22-16-20-15-21(18-29-26(20)31-22)30-27(34)19-5-6-23(32)24(17-19)39-14-13-38-12-11-37-10-9-36-8-7-35-4;1-23(2,3)20(28)19-13-16-12-17(14-24-21(16)26-19)25-22(29)15-4-6-18(7-5-15)31-11-10-30-9-8-27;1-20(2,3)19(24)17-11-14-12-22(9-8-16(14)25-17)18(23)10-13-4-6-15(21)7-5-13/h2*5-6,15-18,32H,7-14H2,1-4H3,(H,29,31)(H,30,34);4-7,12-14,27H,8-11H2,1-3H3,(H,24,26)(H,25,29);4-7,11H,8-10,12,21H2,1-3H3. The van der Waals surface area contributed by atoms with Crippen LogP contribution < -0.4 is 35.9 Å². The Labute approximate surface area is 783 Å². The maximum absolute atomic E-state index is 12.8. The number of ketones is 4. The number of Topliss-reactive ketones (excluding diaryl/α,β-unsaturated/α-hetero) is 4. The molecule has 11 N–H and O–H groups in total. The van der Waals surface area contributed by atoms with Gasteiger partial charge in [-0.05, 0) is 133 Å². The zero-order valence-electron chi connectivity index (χ0n) is 78.6. The van der Waals surface area contributed by atoms with Gasteiger partial charge >= 0.3 is 0 Å². The van der Waals surface area contributed by atoms with Crippen molar-refractivity contribution < 1.29 is 111 Å². The number of phenolic OH excluding ortho intramolecular Hbond substituents is 2. The highest BCUT2D eigenvalue weighted by molar-refractivity contribution is 7.14. The number of aromatic nitrogens is 6. The number of hydrogen-bond donors (Lipinski definition) is 10. The first-order valence-corrected chi connectivity index (χ1v) is 44.8. The number of fused-ring (bicyclic) bond motifs is 4. The molecule has 0 fully saturated rings. The molecule has 34 nitrogen and oxygen atoms in total. The second-order valence-electron chi connectivity index (χ2n) is 35.2. The highest BCUT2D eigenvalue weighted by Crippen LogP contribution is 2.36. The summed E-state index contributed by atoms with van der Waals surface area (Å²) >= 11 is 1.59. The molecule has 7 aromatic heterocycles. The van der Waals surface area contributed by atoms with E-state index in [1.165, 1.54) is 47.6 Å². The quantitative estimate of drug-likeness (QED) is 0.00963. The minimum absolute atomic E-state index is 0.00152. The van der Waals surface area contributed by atoms with Crippen LogP contribution in [0.1, 0.15) is 171 Å². The Bertz CT molecular complexity index is 5700. The van der Waals surface area contributed by atoms with Gasteiger partial charge in [0, 0.05) is 92.4 Å². The molecule has 11 aromatic rings. The molecule has 4 aromatic carbocycles. The van der Waals surface area contributed by atoms with Crippen LogP contribution in [-0.4, -0.2) is 250 Å². The molecule has 1 aliphatic rings. The third kappa shape index (κ3) is 33.4. The minimum atomic E-state index is -0.531. The van der Waals surface area contributed by atoms with E-state index in [9.17, 15) is 48.6 Å². The molecular formula is C99H125N11O23S. The van der Waals surface area contributed by atoms with Crippen LogP contribution in [0.15, 0.2) is 146 Å². The minimum Gasteiger partial charge on any atom is -0.504 e. The van der Waals surface area contributed by atoms with E-state index in [-0.39, 0.29) is 102 Å². The molecule has 0 atom stereocenters. The predicted molar refractivity (Wildman–Crippen MR) is 511 cm³/mol. The summed E-state index contributed by atoms with van der Waals surface area (Å²) in [4.78, 5) is 127. The van der Waals surface area contributed by atoms with Crippen molar-refractivity contribution in [3.05, 3.63) is 201 Å². The topological polar surface area (TPSA) is 459 Å². The summed E-state index contributed by atoms with van der Waals surface area (Å²) in [6, 6.07) is 35.4. The van der Waals surface area contributed by atoms with Crippen LogP contribution in [0.25, 0.3) is 33.1 Å². The third-order valence-electron chi connectivity index (χ3n) is 20.0. The number of amides is 4. The van der Waals surface area contributed by atoms with Gasteiger partial charge in [0.15, 0.2) is 46.1 Å². The Morgan fingerprint density at radius 1 is 0.418 bits per heavy atom. The van der Waals surface area contributed by atoms with Crippen molar-refractivity contribution in [2.45, 2.75) is 102 Å². The van der Waals surface area contributed by atoms with E-state index in [1.807, 2.05) is 118 Å². The summed E-state index contributed by atoms with van der Waals surface area (Å²) < 4.78 is 63.9. The van der Waals surface area contributed by atoms with Crippen molar-refractivity contribution in [3.63, 3.8) is 0 Å². The number of methoxy groups -OCH3 is 2. The lowest BCUT2D eigenvalue weighted by Gasteiger charge is -2.27. The molecule has 0 aliphatic carbocycles. The molecule has 0 radical (unpaired) electrons. The van der Waals surface area contributed by atoms with Crippen molar-refractivity contribution in [1.29, 1.82) is 0 Å². The van der Waals surface area contributed by atoms with Crippen LogP contribution >= 0.6 is 11.3 Å². The number of aliphatic hydroxyl groups excluding tert-OH is 1. The van der Waals surface area contributed by atoms with Crippen LogP contribution in [0.3, 0.4) is 0 Å². The fourth-order valence-corrected chi connectivity index (χ4v) is 14.1. The largest absolute Gasteiger partial charge is 0.504 e. The Balaban J connectivity index is 0.000000203. The lowest BCUT2D eigenvalue weighted by molar-refractivity contribution is -0.131. The number of nitrogens with two attached hydrogens (primary N) is 1. The summed E-state index contributed by atoms with van der Waals surface area (Å²) in [5.74, 6) is -0.0911. The number of carbonyl (C=O) groups is 8. The van der Waals surface area contributed by atoms with Crippen molar-refractivity contribution in [2.24, 2.45) is 21.7 Å². The predicted octanol–water partition coefficient (Wildman–Crippen LogP) is 14.8. The van der Waals surface area contributed by atoms with Gasteiger partial charge in [0.2, 0.25) is 5.91 Å². The molecule has 0 saturated carbocycles. The number of anilines is 4. The van der Waals surface area contributed by atoms with E-state index < -0.39 is 28.1 Å². The SMILES string of the molecule is CC(C)(C)C(=O)c1cc2c(s1)CCN(C(=O)Cc1ccc(N)cc1)C2.CC(C)(C)C(=O)c1cc2cc(NC(=O)c3ccc(OCCOCCO)cc3)cnc2[nH]1.COCCOCCOCCOCCOc1cc(C(=O)Nc2cnc3[nH]c(C(=O)C(C)(C)C)cc3c2)ccc1O.COCCOCCOCCOCCOc1ccc(C(=O)Nc2cnc3[nH]c(C(=O)C(C)(C)C)cc3c2)cc1O. The van der Waals surface area contributed by atoms with Crippen LogP contribution in [0.4, 0.5) is 22.7 Å². The summed E-state index contributed by atoms with van der Waals surface area (Å²) in [6.07, 6.45) is 5.76. The summed E-state index contributed by atoms with van der Waals surface area (Å²) in [5, 5.41) is 39.6. The van der Waals surface area contributed by atoms with E-state index in [0.717, 1.165) is 27.8 Å². The second-order valence-corrected chi connectivity index (χ2v) is 36.3. The number of aromatic hydroxyl groups is 2. The number of H-pyrrole nitrogens is 3. The van der Waals surface area contributed by atoms with E-state index in [2.05, 4.69) is 45.9 Å². The fraction of sp³-hybridized carbons (Fsp3) is 0.424. The number of benzene rings is 4. The lowest BCUT2D eigenvalue weighted by atomic mass is 9.89. The van der Waals surface area contributed by atoms with Crippen LogP contribution in [-0.2, 0) is 66.8 Å².